The Morgan fingerprint density at radius 3 is 2.42 bits per heavy atom. The third kappa shape index (κ3) is 2.83. The van der Waals surface area contributed by atoms with Crippen LogP contribution in [0.3, 0.4) is 0 Å². The van der Waals surface area contributed by atoms with Crippen LogP contribution in [-0.4, -0.2) is 22.3 Å². The van der Waals surface area contributed by atoms with E-state index in [-0.39, 0.29) is 17.4 Å². The molecule has 0 spiro atoms. The van der Waals surface area contributed by atoms with Crippen LogP contribution in [0.2, 0.25) is 0 Å². The summed E-state index contributed by atoms with van der Waals surface area (Å²) < 4.78 is 0. The number of rotatable bonds is 1. The van der Waals surface area contributed by atoms with Crippen molar-refractivity contribution in [1.82, 2.24) is 0 Å². The van der Waals surface area contributed by atoms with E-state index in [0.717, 1.165) is 44.9 Å². The second-order valence-electron chi connectivity index (χ2n) is 13.2. The summed E-state index contributed by atoms with van der Waals surface area (Å²) in [7, 11) is 0. The van der Waals surface area contributed by atoms with Gasteiger partial charge < -0.3 is 10.2 Å². The molecule has 174 valence electrons. The van der Waals surface area contributed by atoms with Crippen LogP contribution in [-0.2, 0) is 4.79 Å². The molecular weight excluding hydrogens is 384 g/mol. The van der Waals surface area contributed by atoms with E-state index in [9.17, 15) is 15.0 Å². The third-order valence-electron chi connectivity index (χ3n) is 12.0. The molecule has 0 heterocycles. The van der Waals surface area contributed by atoms with Crippen molar-refractivity contribution in [2.75, 3.05) is 0 Å². The Labute approximate surface area is 189 Å². The maximum Gasteiger partial charge on any atom is 0.310 e. The summed E-state index contributed by atoms with van der Waals surface area (Å²) in [6.45, 7) is 11.8. The molecule has 0 radical (unpaired) electrons. The molecule has 0 saturated heterocycles. The Morgan fingerprint density at radius 1 is 1.00 bits per heavy atom. The highest BCUT2D eigenvalue weighted by atomic mass is 16.4. The van der Waals surface area contributed by atoms with E-state index < -0.39 is 11.4 Å². The first kappa shape index (κ1) is 22.0. The molecule has 4 saturated carbocycles. The smallest absolute Gasteiger partial charge is 0.310 e. The zero-order chi connectivity index (χ0) is 22.3. The van der Waals surface area contributed by atoms with Crippen molar-refractivity contribution in [2.45, 2.75) is 98.5 Å². The van der Waals surface area contributed by atoms with Crippen molar-refractivity contribution < 1.29 is 15.0 Å². The number of aliphatic hydroxyl groups excluding tert-OH is 1. The number of carbonyl (C=O) groups is 1. The minimum Gasteiger partial charge on any atom is -0.481 e. The first-order chi connectivity index (χ1) is 14.5. The molecule has 0 amide bonds. The topological polar surface area (TPSA) is 57.5 Å². The fourth-order valence-corrected chi connectivity index (χ4v) is 9.99. The van der Waals surface area contributed by atoms with Gasteiger partial charge in [-0.05, 0) is 110 Å². The van der Waals surface area contributed by atoms with Gasteiger partial charge in [0, 0.05) is 0 Å². The normalized spacial score (nSPS) is 53.3. The molecule has 3 heteroatoms. The van der Waals surface area contributed by atoms with Gasteiger partial charge in [-0.2, -0.15) is 0 Å². The van der Waals surface area contributed by atoms with Gasteiger partial charge in [-0.1, -0.05) is 46.3 Å². The molecule has 31 heavy (non-hydrogen) atoms. The minimum atomic E-state index is -0.531. The van der Waals surface area contributed by atoms with Crippen molar-refractivity contribution in [1.29, 1.82) is 0 Å². The number of fused-ring (bicyclic) bond motifs is 7. The van der Waals surface area contributed by atoms with E-state index in [1.165, 1.54) is 12.8 Å². The van der Waals surface area contributed by atoms with Crippen LogP contribution >= 0.6 is 0 Å². The highest BCUT2D eigenvalue weighted by Gasteiger charge is 2.62. The van der Waals surface area contributed by atoms with Crippen LogP contribution in [0.15, 0.2) is 11.6 Å². The lowest BCUT2D eigenvalue weighted by atomic mass is 9.40. The molecule has 4 fully saturated rings. The van der Waals surface area contributed by atoms with Gasteiger partial charge in [0.25, 0.3) is 0 Å². The summed E-state index contributed by atoms with van der Waals surface area (Å²) in [5.74, 6) is 3.38. The van der Waals surface area contributed by atoms with Crippen LogP contribution in [0.5, 0.6) is 0 Å². The molecule has 0 aliphatic heterocycles. The molecular formula is C28H44O3. The second-order valence-corrected chi connectivity index (χ2v) is 13.2. The van der Waals surface area contributed by atoms with Crippen molar-refractivity contribution in [3.63, 3.8) is 0 Å². The Morgan fingerprint density at radius 2 is 1.71 bits per heavy atom. The molecule has 0 bridgehead atoms. The number of carboxylic acid groups (broad SMARTS) is 1. The highest BCUT2D eigenvalue weighted by molar-refractivity contribution is 5.76. The Kier molecular flexibility index (Phi) is 5.02. The largest absolute Gasteiger partial charge is 0.481 e. The van der Waals surface area contributed by atoms with Crippen LogP contribution in [0.25, 0.3) is 0 Å². The van der Waals surface area contributed by atoms with Gasteiger partial charge in [-0.15, -0.1) is 0 Å². The van der Waals surface area contributed by atoms with Crippen molar-refractivity contribution >= 4 is 5.97 Å². The lowest BCUT2D eigenvalue weighted by molar-refractivity contribution is -0.169. The van der Waals surface area contributed by atoms with Gasteiger partial charge in [0.2, 0.25) is 0 Å². The molecule has 0 aromatic heterocycles. The molecule has 2 N–H and O–H groups in total. The standard InChI is InChI=1S/C28H44O3/c1-16-10-14-28(25(30)31)15-11-18-19-7-9-22-26(3,4)23(29)12-13-27(22,5)21(19)8-6-20(18)24(28)17(16)2/h6,16-19,21-24,29H,7-15H2,1-5H3,(H,30,31). The molecule has 10 atom stereocenters. The van der Waals surface area contributed by atoms with Crippen LogP contribution in [0.4, 0.5) is 0 Å². The number of hydrogen-bond donors (Lipinski definition) is 2. The highest BCUT2D eigenvalue weighted by Crippen LogP contribution is 2.68. The van der Waals surface area contributed by atoms with Gasteiger partial charge >= 0.3 is 5.97 Å². The SMILES string of the molecule is CC1CCC2(C(=O)O)CCC3C(=CCC4C3CCC3C(C)(C)C(O)CCC43C)C2C1C. The predicted molar refractivity (Wildman–Crippen MR) is 123 cm³/mol. The summed E-state index contributed by atoms with van der Waals surface area (Å²) in [5.41, 5.74) is 1.34. The summed E-state index contributed by atoms with van der Waals surface area (Å²) in [5, 5.41) is 21.1. The fourth-order valence-electron chi connectivity index (χ4n) is 9.99. The number of aliphatic carboxylic acids is 1. The Bertz CT molecular complexity index is 783. The number of allylic oxidation sites excluding steroid dienone is 2. The fraction of sp³-hybridized carbons (Fsp3) is 0.893. The Balaban J connectivity index is 1.52. The van der Waals surface area contributed by atoms with Crippen LogP contribution in [0, 0.1) is 57.7 Å². The number of hydrogen-bond acceptors (Lipinski definition) is 2. The van der Waals surface area contributed by atoms with E-state index in [1.54, 1.807) is 5.57 Å². The monoisotopic (exact) mass is 428 g/mol. The number of aliphatic hydroxyl groups is 1. The average molecular weight is 429 g/mol. The van der Waals surface area contributed by atoms with Crippen LogP contribution in [0.1, 0.15) is 92.4 Å². The lowest BCUT2D eigenvalue weighted by Crippen LogP contribution is -2.59. The van der Waals surface area contributed by atoms with E-state index >= 15 is 0 Å². The number of carboxylic acids is 1. The molecule has 3 nitrogen and oxygen atoms in total. The first-order valence-corrected chi connectivity index (χ1v) is 13.2. The molecule has 5 rings (SSSR count). The summed E-state index contributed by atoms with van der Waals surface area (Å²) >= 11 is 0. The van der Waals surface area contributed by atoms with Crippen molar-refractivity contribution in [3.8, 4) is 0 Å². The minimum absolute atomic E-state index is 0.000301. The van der Waals surface area contributed by atoms with E-state index in [0.29, 0.717) is 40.9 Å². The van der Waals surface area contributed by atoms with Gasteiger partial charge in [-0.25, -0.2) is 0 Å². The summed E-state index contributed by atoms with van der Waals surface area (Å²) in [6, 6.07) is 0. The van der Waals surface area contributed by atoms with Gasteiger partial charge in [0.1, 0.15) is 0 Å². The molecule has 10 unspecified atom stereocenters. The lowest BCUT2D eigenvalue weighted by Gasteiger charge is -2.64. The van der Waals surface area contributed by atoms with Crippen molar-refractivity contribution in [2.24, 2.45) is 57.7 Å². The van der Waals surface area contributed by atoms with Gasteiger partial charge in [0.05, 0.1) is 11.5 Å². The van der Waals surface area contributed by atoms with Gasteiger partial charge in [0.15, 0.2) is 0 Å². The predicted octanol–water partition coefficient (Wildman–Crippen LogP) is 6.31. The molecule has 5 aliphatic rings. The molecule has 0 aromatic carbocycles. The van der Waals surface area contributed by atoms with E-state index in [4.69, 9.17) is 0 Å². The maximum absolute atomic E-state index is 12.6. The second kappa shape index (κ2) is 7.08. The quantitative estimate of drug-likeness (QED) is 0.481. The zero-order valence-electron chi connectivity index (χ0n) is 20.4. The molecule has 0 aromatic rings. The van der Waals surface area contributed by atoms with Crippen molar-refractivity contribution in [3.05, 3.63) is 11.6 Å². The molecule has 5 aliphatic carbocycles. The van der Waals surface area contributed by atoms with E-state index in [2.05, 4.69) is 40.7 Å². The summed E-state index contributed by atoms with van der Waals surface area (Å²) in [6.07, 6.45) is 11.9. The van der Waals surface area contributed by atoms with Gasteiger partial charge in [-0.3, -0.25) is 4.79 Å². The van der Waals surface area contributed by atoms with Crippen LogP contribution < -0.4 is 0 Å². The summed E-state index contributed by atoms with van der Waals surface area (Å²) in [4.78, 5) is 12.6. The Hall–Kier alpha value is -0.830. The average Bonchev–Trinajstić information content (AvgIpc) is 2.73. The maximum atomic E-state index is 12.6. The first-order valence-electron chi connectivity index (χ1n) is 13.2. The van der Waals surface area contributed by atoms with E-state index in [1.807, 2.05) is 0 Å². The zero-order valence-corrected chi connectivity index (χ0v) is 20.4. The third-order valence-corrected chi connectivity index (χ3v) is 12.0.